The van der Waals surface area contributed by atoms with Crippen molar-refractivity contribution in [3.05, 3.63) is 6.42 Å². The van der Waals surface area contributed by atoms with Crippen LogP contribution >= 0.6 is 0 Å². The summed E-state index contributed by atoms with van der Waals surface area (Å²) in [5, 5.41) is 0. The van der Waals surface area contributed by atoms with Crippen LogP contribution in [0.5, 0.6) is 0 Å². The van der Waals surface area contributed by atoms with Crippen LogP contribution in [0.3, 0.4) is 0 Å². The van der Waals surface area contributed by atoms with E-state index in [9.17, 15) is 0 Å². The van der Waals surface area contributed by atoms with Gasteiger partial charge in [-0.15, -0.1) is 0 Å². The standard InChI is InChI=1S/C8H21Si2/c1-2-3-4-5-6-7-8-10-9/h3H,2,4-8,10H2,1,9H3. The van der Waals surface area contributed by atoms with Gasteiger partial charge >= 0.3 is 0 Å². The van der Waals surface area contributed by atoms with E-state index < -0.39 is 0 Å². The first-order chi connectivity index (χ1) is 4.91. The molecule has 0 aliphatic heterocycles. The highest BCUT2D eigenvalue weighted by Crippen LogP contribution is 2.05. The molecule has 0 aromatic carbocycles. The molecule has 0 rings (SSSR count). The van der Waals surface area contributed by atoms with Gasteiger partial charge < -0.3 is 0 Å². The molecule has 10 heavy (non-hydrogen) atoms. The Morgan fingerprint density at radius 1 is 1.30 bits per heavy atom. The van der Waals surface area contributed by atoms with E-state index in [0.717, 1.165) is 0 Å². The lowest BCUT2D eigenvalue weighted by molar-refractivity contribution is 0.698. The molecule has 0 aliphatic rings. The molecule has 0 aliphatic carbocycles. The molecule has 1 radical (unpaired) electrons. The largest absolute Gasteiger partial charge is 0.0655 e. The van der Waals surface area contributed by atoms with Crippen molar-refractivity contribution in [3.63, 3.8) is 0 Å². The first-order valence-electron chi connectivity index (χ1n) is 4.73. The molecule has 0 fully saturated rings. The second-order valence-corrected chi connectivity index (χ2v) is 7.61. The van der Waals surface area contributed by atoms with Gasteiger partial charge in [-0.3, -0.25) is 0 Å². The van der Waals surface area contributed by atoms with E-state index in [1.165, 1.54) is 41.9 Å². The van der Waals surface area contributed by atoms with Crippen LogP contribution in [0, 0.1) is 6.42 Å². The van der Waals surface area contributed by atoms with Gasteiger partial charge in [0.05, 0.1) is 0 Å². The van der Waals surface area contributed by atoms with E-state index in [2.05, 4.69) is 13.3 Å². The van der Waals surface area contributed by atoms with E-state index in [-0.39, 0.29) is 0 Å². The summed E-state index contributed by atoms with van der Waals surface area (Å²) in [4.78, 5) is 0. The monoisotopic (exact) mass is 173 g/mol. The zero-order chi connectivity index (χ0) is 7.66. The molecule has 0 atom stereocenters. The molecular formula is C8H21Si2. The van der Waals surface area contributed by atoms with Gasteiger partial charge in [0.15, 0.2) is 0 Å². The van der Waals surface area contributed by atoms with Crippen molar-refractivity contribution >= 4 is 18.8 Å². The summed E-state index contributed by atoms with van der Waals surface area (Å²) in [5.74, 6) is 0. The highest BCUT2D eigenvalue weighted by atomic mass is 29.1. The van der Waals surface area contributed by atoms with Gasteiger partial charge in [-0.1, -0.05) is 45.1 Å². The summed E-state index contributed by atoms with van der Waals surface area (Å²) in [5.41, 5.74) is 0. The van der Waals surface area contributed by atoms with Crippen LogP contribution < -0.4 is 0 Å². The van der Waals surface area contributed by atoms with Gasteiger partial charge in [0.25, 0.3) is 0 Å². The Hall–Kier alpha value is 0.434. The van der Waals surface area contributed by atoms with Crippen LogP contribution in [0.25, 0.3) is 0 Å². The van der Waals surface area contributed by atoms with Crippen LogP contribution in [0.2, 0.25) is 6.04 Å². The normalized spacial score (nSPS) is 11.7. The van der Waals surface area contributed by atoms with E-state index in [4.69, 9.17) is 0 Å². The molecular weight excluding hydrogens is 152 g/mol. The summed E-state index contributed by atoms with van der Waals surface area (Å²) in [6.45, 7) is 2.23. The lowest BCUT2D eigenvalue weighted by Crippen LogP contribution is -1.87. The van der Waals surface area contributed by atoms with Gasteiger partial charge in [0, 0.05) is 9.04 Å². The van der Waals surface area contributed by atoms with Crippen LogP contribution in [0.1, 0.15) is 39.0 Å². The van der Waals surface area contributed by atoms with Gasteiger partial charge in [-0.25, -0.2) is 0 Å². The molecule has 0 aromatic rings. The lowest BCUT2D eigenvalue weighted by atomic mass is 10.1. The Kier molecular flexibility index (Phi) is 9.84. The fraction of sp³-hybridized carbons (Fsp3) is 0.875. The summed E-state index contributed by atoms with van der Waals surface area (Å²) >= 11 is 0. The molecule has 0 spiro atoms. The molecule has 2 heteroatoms. The summed E-state index contributed by atoms with van der Waals surface area (Å²) < 4.78 is 0. The minimum absolute atomic E-state index is 0.503. The fourth-order valence-electron chi connectivity index (χ4n) is 1.10. The second kappa shape index (κ2) is 9.43. The van der Waals surface area contributed by atoms with E-state index in [1.54, 1.807) is 6.04 Å². The first-order valence-corrected chi connectivity index (χ1v) is 11.4. The smallest absolute Gasteiger partial charge is 0.00412 e. The maximum absolute atomic E-state index is 2.40. The van der Waals surface area contributed by atoms with E-state index in [1.807, 2.05) is 0 Å². The predicted octanol–water partition coefficient (Wildman–Crippen LogP) is 1.03. The van der Waals surface area contributed by atoms with Crippen molar-refractivity contribution in [2.45, 2.75) is 45.1 Å². The van der Waals surface area contributed by atoms with Crippen molar-refractivity contribution in [1.29, 1.82) is 0 Å². The van der Waals surface area contributed by atoms with Crippen LogP contribution in [-0.4, -0.2) is 18.8 Å². The zero-order valence-corrected chi connectivity index (χ0v) is 10.9. The fourth-order valence-corrected chi connectivity index (χ4v) is 3.45. The maximum Gasteiger partial charge on any atom is 0.00412 e. The molecule has 61 valence electrons. The third-order valence-electron chi connectivity index (χ3n) is 1.80. The zero-order valence-electron chi connectivity index (χ0n) is 7.53. The Bertz CT molecular complexity index is 47.2. The van der Waals surface area contributed by atoms with Crippen molar-refractivity contribution in [3.8, 4) is 0 Å². The van der Waals surface area contributed by atoms with Crippen molar-refractivity contribution in [2.75, 3.05) is 0 Å². The molecule has 0 bridgehead atoms. The Balaban J connectivity index is 2.65. The highest BCUT2D eigenvalue weighted by molar-refractivity contribution is 6.89. The second-order valence-electron chi connectivity index (χ2n) is 2.90. The van der Waals surface area contributed by atoms with Crippen LogP contribution in [-0.2, 0) is 0 Å². The van der Waals surface area contributed by atoms with E-state index in [0.29, 0.717) is 9.04 Å². The van der Waals surface area contributed by atoms with Gasteiger partial charge in [-0.05, 0) is 16.2 Å². The molecule has 0 nitrogen and oxygen atoms in total. The SMILES string of the molecule is CC[CH]CCCCC[SiH2][SiH3]. The first kappa shape index (κ1) is 10.4. The molecule has 0 heterocycles. The number of unbranched alkanes of at least 4 members (excludes halogenated alkanes) is 5. The van der Waals surface area contributed by atoms with Gasteiger partial charge in [0.1, 0.15) is 0 Å². The summed E-state index contributed by atoms with van der Waals surface area (Å²) in [6, 6.07) is 1.62. The average molecular weight is 173 g/mol. The topological polar surface area (TPSA) is 0 Å². The highest BCUT2D eigenvalue weighted by Gasteiger charge is 1.88. The molecule has 0 N–H and O–H groups in total. The summed E-state index contributed by atoms with van der Waals surface area (Å²) in [6.07, 6.45) is 9.50. The minimum Gasteiger partial charge on any atom is -0.0655 e. The number of rotatable bonds is 7. The summed E-state index contributed by atoms with van der Waals surface area (Å²) in [7, 11) is 2.04. The molecule has 0 unspecified atom stereocenters. The molecule has 0 saturated carbocycles. The van der Waals surface area contributed by atoms with Crippen LogP contribution in [0.4, 0.5) is 0 Å². The van der Waals surface area contributed by atoms with Gasteiger partial charge in [-0.2, -0.15) is 0 Å². The maximum atomic E-state index is 2.40. The minimum atomic E-state index is 0.503. The third kappa shape index (κ3) is 8.43. The average Bonchev–Trinajstić information content (AvgIpc) is 1.97. The lowest BCUT2D eigenvalue weighted by Gasteiger charge is -1.97. The molecule has 0 amide bonds. The third-order valence-corrected chi connectivity index (χ3v) is 5.13. The predicted molar refractivity (Wildman–Crippen MR) is 56.3 cm³/mol. The Morgan fingerprint density at radius 3 is 2.70 bits per heavy atom. The van der Waals surface area contributed by atoms with Gasteiger partial charge in [0.2, 0.25) is 0 Å². The molecule has 0 aromatic heterocycles. The number of hydrogen-bond donors (Lipinski definition) is 0. The molecule has 0 saturated heterocycles. The Labute approximate surface area is 70.8 Å². The quantitative estimate of drug-likeness (QED) is 0.398. The van der Waals surface area contributed by atoms with Crippen molar-refractivity contribution in [1.82, 2.24) is 0 Å². The van der Waals surface area contributed by atoms with E-state index >= 15 is 0 Å². The Morgan fingerprint density at radius 2 is 2.10 bits per heavy atom. The van der Waals surface area contributed by atoms with Crippen molar-refractivity contribution in [2.24, 2.45) is 0 Å². The van der Waals surface area contributed by atoms with Crippen LogP contribution in [0.15, 0.2) is 0 Å². The number of hydrogen-bond acceptors (Lipinski definition) is 0. The van der Waals surface area contributed by atoms with Crippen molar-refractivity contribution < 1.29 is 0 Å².